The fraction of sp³-hybridized carbons (Fsp3) is 0.0357. The van der Waals surface area contributed by atoms with Crippen LogP contribution in [0.2, 0.25) is 5.02 Å². The molecule has 0 N–H and O–H groups in total. The summed E-state index contributed by atoms with van der Waals surface area (Å²) >= 11 is 6.12. The maximum Gasteiger partial charge on any atom is 0.342 e. The lowest BCUT2D eigenvalue weighted by Crippen LogP contribution is -2.35. The van der Waals surface area contributed by atoms with Crippen LogP contribution >= 0.6 is 11.6 Å². The van der Waals surface area contributed by atoms with Gasteiger partial charge in [-0.3, -0.25) is 10.1 Å². The van der Waals surface area contributed by atoms with Crippen LogP contribution in [-0.4, -0.2) is 20.6 Å². The first-order valence-electron chi connectivity index (χ1n) is 11.3. The van der Waals surface area contributed by atoms with Gasteiger partial charge in [-0.25, -0.2) is 0 Å². The number of nitrogens with zero attached hydrogens (tertiary/aromatic N) is 5. The maximum absolute atomic E-state index is 13.3. The lowest BCUT2D eigenvalue weighted by Gasteiger charge is -2.09. The van der Waals surface area contributed by atoms with Crippen LogP contribution in [0.4, 0.5) is 5.69 Å². The summed E-state index contributed by atoms with van der Waals surface area (Å²) in [5.41, 5.74) is 3.48. The second-order valence-electron chi connectivity index (χ2n) is 8.29. The third-order valence-electron chi connectivity index (χ3n) is 5.73. The number of hydrogen-bond donors (Lipinski definition) is 0. The van der Waals surface area contributed by atoms with E-state index in [-0.39, 0.29) is 11.3 Å². The fourth-order valence-electron chi connectivity index (χ4n) is 3.82. The molecular formula is C28H20ClN5O3. The van der Waals surface area contributed by atoms with Gasteiger partial charge >= 0.3 is 5.82 Å². The van der Waals surface area contributed by atoms with Gasteiger partial charge in [0.1, 0.15) is 0 Å². The SMILES string of the molecule is Cc1ccc(-[n+]2nc(-c3ccc(Cl)cc3)n(/N=C(\[O-])c3ccc([N+](=O)[O-])cc3)c2-c2ccccc2)cc1. The van der Waals surface area contributed by atoms with Gasteiger partial charge in [0, 0.05) is 28.6 Å². The second kappa shape index (κ2) is 10.0. The standard InChI is InChI=1S/C28H20ClN5O3/c1-19-7-15-24(16-8-19)32-28(22-5-3-2-4-6-22)33(26(30-32)20-9-13-23(29)14-10-20)31-27(35)21-11-17-25(18-12-21)34(36)37/h2-18H,1H3. The Morgan fingerprint density at radius 1 is 0.892 bits per heavy atom. The van der Waals surface area contributed by atoms with E-state index in [1.807, 2.05) is 61.5 Å². The van der Waals surface area contributed by atoms with Gasteiger partial charge < -0.3 is 5.11 Å². The van der Waals surface area contributed by atoms with Crippen LogP contribution in [0, 0.1) is 17.0 Å². The summed E-state index contributed by atoms with van der Waals surface area (Å²) in [5, 5.41) is 34.2. The number of nitro benzene ring substituents is 1. The van der Waals surface area contributed by atoms with Crippen molar-refractivity contribution in [3.05, 3.63) is 129 Å². The van der Waals surface area contributed by atoms with Crippen LogP contribution in [0.25, 0.3) is 28.5 Å². The first kappa shape index (κ1) is 23.9. The quantitative estimate of drug-likeness (QED) is 0.106. The topological polar surface area (TPSA) is 100 Å². The van der Waals surface area contributed by atoms with Crippen molar-refractivity contribution in [2.75, 3.05) is 0 Å². The van der Waals surface area contributed by atoms with Crippen LogP contribution < -0.4 is 9.79 Å². The molecule has 5 aromatic rings. The van der Waals surface area contributed by atoms with Gasteiger partial charge in [0.25, 0.3) is 11.5 Å². The first-order chi connectivity index (χ1) is 17.9. The summed E-state index contributed by atoms with van der Waals surface area (Å²) in [6.45, 7) is 2.00. The molecule has 9 heteroatoms. The predicted octanol–water partition coefficient (Wildman–Crippen LogP) is 4.93. The molecule has 0 bridgehead atoms. The number of nitro groups is 1. The summed E-state index contributed by atoms with van der Waals surface area (Å²) in [7, 11) is 0. The van der Waals surface area contributed by atoms with Gasteiger partial charge in [0.15, 0.2) is 5.69 Å². The normalized spacial score (nSPS) is 11.5. The number of aromatic nitrogens is 3. The lowest BCUT2D eigenvalue weighted by atomic mass is 10.2. The molecule has 1 heterocycles. The lowest BCUT2D eigenvalue weighted by molar-refractivity contribution is -0.645. The molecule has 0 radical (unpaired) electrons. The zero-order valence-electron chi connectivity index (χ0n) is 19.7. The van der Waals surface area contributed by atoms with E-state index in [4.69, 9.17) is 16.7 Å². The number of benzene rings is 4. The molecule has 0 fully saturated rings. The Labute approximate surface area is 217 Å². The summed E-state index contributed by atoms with van der Waals surface area (Å²) in [5.74, 6) is 0.409. The maximum atomic E-state index is 13.3. The number of aryl methyl sites for hydroxylation is 1. The molecule has 0 aliphatic heterocycles. The smallest absolute Gasteiger partial charge is 0.342 e. The zero-order chi connectivity index (χ0) is 25.9. The van der Waals surface area contributed by atoms with Crippen LogP contribution in [-0.2, 0) is 0 Å². The minimum atomic E-state index is -0.573. The van der Waals surface area contributed by atoms with E-state index in [9.17, 15) is 15.2 Å². The van der Waals surface area contributed by atoms with Crippen molar-refractivity contribution in [1.82, 2.24) is 9.77 Å². The predicted molar refractivity (Wildman–Crippen MR) is 139 cm³/mol. The number of non-ortho nitro benzene ring substituents is 1. The molecule has 5 rings (SSSR count). The molecule has 8 nitrogen and oxygen atoms in total. The molecule has 0 spiro atoms. The van der Waals surface area contributed by atoms with E-state index in [2.05, 4.69) is 5.10 Å². The van der Waals surface area contributed by atoms with E-state index in [0.717, 1.165) is 16.8 Å². The Balaban J connectivity index is 1.77. The number of rotatable bonds is 6. The van der Waals surface area contributed by atoms with E-state index in [1.165, 1.54) is 28.9 Å². The molecule has 0 amide bonds. The highest BCUT2D eigenvalue weighted by atomic mass is 35.5. The molecule has 0 atom stereocenters. The molecule has 0 unspecified atom stereocenters. The van der Waals surface area contributed by atoms with E-state index >= 15 is 0 Å². The molecule has 4 aromatic carbocycles. The average Bonchev–Trinajstić information content (AvgIpc) is 3.29. The summed E-state index contributed by atoms with van der Waals surface area (Å²) < 4.78 is 3.24. The van der Waals surface area contributed by atoms with Gasteiger partial charge in [-0.05, 0) is 78.2 Å². The highest BCUT2D eigenvalue weighted by Crippen LogP contribution is 2.26. The largest absolute Gasteiger partial charge is 0.856 e. The number of hydrogen-bond acceptors (Lipinski definition) is 5. The zero-order valence-corrected chi connectivity index (χ0v) is 20.4. The third kappa shape index (κ3) is 4.96. The highest BCUT2D eigenvalue weighted by Gasteiger charge is 2.30. The van der Waals surface area contributed by atoms with E-state index in [0.29, 0.717) is 22.2 Å². The van der Waals surface area contributed by atoms with Gasteiger partial charge in [-0.1, -0.05) is 62.0 Å². The molecule has 37 heavy (non-hydrogen) atoms. The fourth-order valence-corrected chi connectivity index (χ4v) is 3.95. The average molecular weight is 510 g/mol. The molecule has 0 aliphatic rings. The van der Waals surface area contributed by atoms with Gasteiger partial charge in [-0.2, -0.15) is 0 Å². The minimum Gasteiger partial charge on any atom is -0.856 e. The molecule has 1 aromatic heterocycles. The Kier molecular flexibility index (Phi) is 6.49. The summed E-state index contributed by atoms with van der Waals surface area (Å²) in [4.78, 5) is 10.5. The van der Waals surface area contributed by atoms with Crippen molar-refractivity contribution in [2.45, 2.75) is 6.92 Å². The Morgan fingerprint density at radius 3 is 2.16 bits per heavy atom. The summed E-state index contributed by atoms with van der Waals surface area (Å²) in [6.07, 6.45) is 0. The monoisotopic (exact) mass is 509 g/mol. The third-order valence-corrected chi connectivity index (χ3v) is 5.98. The van der Waals surface area contributed by atoms with Crippen molar-refractivity contribution in [3.63, 3.8) is 0 Å². The Hall–Kier alpha value is -4.82. The Bertz CT molecular complexity index is 1600. The number of halogens is 1. The van der Waals surface area contributed by atoms with Crippen LogP contribution in [0.3, 0.4) is 0 Å². The first-order valence-corrected chi connectivity index (χ1v) is 11.7. The molecular weight excluding hydrogens is 490 g/mol. The van der Waals surface area contributed by atoms with Crippen LogP contribution in [0.5, 0.6) is 0 Å². The van der Waals surface area contributed by atoms with Crippen molar-refractivity contribution in [3.8, 4) is 28.5 Å². The van der Waals surface area contributed by atoms with Crippen LogP contribution in [0.15, 0.2) is 108 Å². The van der Waals surface area contributed by atoms with Crippen molar-refractivity contribution >= 4 is 23.2 Å². The van der Waals surface area contributed by atoms with E-state index < -0.39 is 10.8 Å². The van der Waals surface area contributed by atoms with Crippen molar-refractivity contribution < 1.29 is 14.7 Å². The highest BCUT2D eigenvalue weighted by molar-refractivity contribution is 6.30. The molecule has 0 aliphatic carbocycles. The van der Waals surface area contributed by atoms with Crippen LogP contribution in [0.1, 0.15) is 11.1 Å². The molecule has 182 valence electrons. The van der Waals surface area contributed by atoms with Crippen molar-refractivity contribution in [1.29, 1.82) is 0 Å². The van der Waals surface area contributed by atoms with Crippen molar-refractivity contribution in [2.24, 2.45) is 5.10 Å². The second-order valence-corrected chi connectivity index (χ2v) is 8.72. The van der Waals surface area contributed by atoms with Gasteiger partial charge in [-0.15, -0.1) is 0 Å². The minimum absolute atomic E-state index is 0.108. The molecule has 0 saturated carbocycles. The molecule has 0 saturated heterocycles. The van der Waals surface area contributed by atoms with Gasteiger partial charge in [0.2, 0.25) is 0 Å². The Morgan fingerprint density at radius 2 is 1.54 bits per heavy atom. The van der Waals surface area contributed by atoms with Gasteiger partial charge in [0.05, 0.1) is 10.5 Å². The summed E-state index contributed by atoms with van der Waals surface area (Å²) in [6, 6.07) is 29.8. The van der Waals surface area contributed by atoms with E-state index in [1.54, 1.807) is 28.9 Å².